The Morgan fingerprint density at radius 2 is 2.11 bits per heavy atom. The summed E-state index contributed by atoms with van der Waals surface area (Å²) in [4.78, 5) is 1.24. The first-order valence-corrected chi connectivity index (χ1v) is 7.61. The van der Waals surface area contributed by atoms with Crippen LogP contribution in [0.4, 0.5) is 0 Å². The summed E-state index contributed by atoms with van der Waals surface area (Å²) in [7, 11) is 0. The second-order valence-electron chi connectivity index (χ2n) is 4.33. The first kappa shape index (κ1) is 14.8. The van der Waals surface area contributed by atoms with Crippen LogP contribution in [0.2, 0.25) is 10.0 Å². The Morgan fingerprint density at radius 3 is 2.79 bits per heavy atom. The summed E-state index contributed by atoms with van der Waals surface area (Å²) in [5.74, 6) is 0. The van der Waals surface area contributed by atoms with Crippen LogP contribution in [0.3, 0.4) is 0 Å². The van der Waals surface area contributed by atoms with Crippen molar-refractivity contribution in [2.45, 2.75) is 19.1 Å². The molecule has 102 valence electrons. The molecule has 2 nitrogen and oxygen atoms in total. The normalized spacial score (nSPS) is 14.3. The standard InChI is InChI=1S/C14H15Cl2NOS/c1-9(14-3-2-6-19-14)17-8-13(18)11-7-10(15)4-5-12(11)16/h2-7,9,13,17-18H,8H2,1H3/t9-,13?/m1/s1. The molecule has 0 radical (unpaired) electrons. The zero-order valence-corrected chi connectivity index (χ0v) is 12.8. The molecule has 1 aromatic carbocycles. The molecule has 5 heteroatoms. The van der Waals surface area contributed by atoms with Gasteiger partial charge >= 0.3 is 0 Å². The highest BCUT2D eigenvalue weighted by molar-refractivity contribution is 7.10. The summed E-state index contributed by atoms with van der Waals surface area (Å²) in [5.41, 5.74) is 0.653. The molecular formula is C14H15Cl2NOS. The average Bonchev–Trinajstić information content (AvgIpc) is 2.92. The largest absolute Gasteiger partial charge is 0.387 e. The number of benzene rings is 1. The summed E-state index contributed by atoms with van der Waals surface area (Å²) < 4.78 is 0. The van der Waals surface area contributed by atoms with Crippen LogP contribution in [-0.4, -0.2) is 11.7 Å². The molecule has 0 aliphatic carbocycles. The Hall–Kier alpha value is -0.580. The lowest BCUT2D eigenvalue weighted by Gasteiger charge is -2.17. The summed E-state index contributed by atoms with van der Waals surface area (Å²) in [6, 6.07) is 9.40. The number of rotatable bonds is 5. The Balaban J connectivity index is 1.97. The van der Waals surface area contributed by atoms with Gasteiger partial charge in [-0.3, -0.25) is 0 Å². The molecular weight excluding hydrogens is 301 g/mol. The molecule has 0 amide bonds. The van der Waals surface area contributed by atoms with E-state index in [4.69, 9.17) is 23.2 Å². The van der Waals surface area contributed by atoms with Crippen LogP contribution >= 0.6 is 34.5 Å². The van der Waals surface area contributed by atoms with Gasteiger partial charge in [0.2, 0.25) is 0 Å². The molecule has 0 fully saturated rings. The van der Waals surface area contributed by atoms with Crippen LogP contribution in [0.1, 0.15) is 29.5 Å². The van der Waals surface area contributed by atoms with E-state index in [-0.39, 0.29) is 6.04 Å². The van der Waals surface area contributed by atoms with Gasteiger partial charge in [0.1, 0.15) is 0 Å². The maximum absolute atomic E-state index is 10.2. The number of thiophene rings is 1. The van der Waals surface area contributed by atoms with E-state index in [9.17, 15) is 5.11 Å². The van der Waals surface area contributed by atoms with E-state index in [1.165, 1.54) is 4.88 Å². The SMILES string of the molecule is C[C@@H](NCC(O)c1cc(Cl)ccc1Cl)c1cccs1. The van der Waals surface area contributed by atoms with Crippen LogP contribution in [0.25, 0.3) is 0 Å². The molecule has 1 aromatic heterocycles. The van der Waals surface area contributed by atoms with Crippen LogP contribution in [-0.2, 0) is 0 Å². The summed E-state index contributed by atoms with van der Waals surface area (Å²) in [6.07, 6.45) is -0.673. The molecule has 0 saturated carbocycles. The highest BCUT2D eigenvalue weighted by atomic mass is 35.5. The second-order valence-corrected chi connectivity index (χ2v) is 6.15. The van der Waals surface area contributed by atoms with Gasteiger partial charge in [0.15, 0.2) is 0 Å². The number of hydrogen-bond acceptors (Lipinski definition) is 3. The fourth-order valence-corrected chi connectivity index (χ4v) is 2.99. The van der Waals surface area contributed by atoms with Crippen molar-refractivity contribution in [2.75, 3.05) is 6.54 Å². The molecule has 0 aliphatic heterocycles. The third-order valence-corrected chi connectivity index (χ3v) is 4.54. The quantitative estimate of drug-likeness (QED) is 0.855. The number of aliphatic hydroxyl groups is 1. The van der Waals surface area contributed by atoms with E-state index >= 15 is 0 Å². The van der Waals surface area contributed by atoms with Gasteiger partial charge in [-0.1, -0.05) is 29.3 Å². The van der Waals surface area contributed by atoms with Gasteiger partial charge in [0.25, 0.3) is 0 Å². The lowest BCUT2D eigenvalue weighted by molar-refractivity contribution is 0.171. The molecule has 2 N–H and O–H groups in total. The maximum atomic E-state index is 10.2. The predicted octanol–water partition coefficient (Wildman–Crippen LogP) is 4.44. The van der Waals surface area contributed by atoms with Crippen LogP contribution in [0, 0.1) is 0 Å². The topological polar surface area (TPSA) is 32.3 Å². The van der Waals surface area contributed by atoms with Gasteiger partial charge in [-0.15, -0.1) is 11.3 Å². The van der Waals surface area contributed by atoms with Gasteiger partial charge in [0.05, 0.1) is 6.10 Å². The Morgan fingerprint density at radius 1 is 1.32 bits per heavy atom. The number of nitrogens with one attached hydrogen (secondary N) is 1. The Bertz CT molecular complexity index is 530. The fourth-order valence-electron chi connectivity index (χ4n) is 1.81. The molecule has 0 spiro atoms. The van der Waals surface area contributed by atoms with Crippen molar-refractivity contribution in [3.63, 3.8) is 0 Å². The van der Waals surface area contributed by atoms with E-state index in [0.29, 0.717) is 22.2 Å². The highest BCUT2D eigenvalue weighted by Gasteiger charge is 2.14. The summed E-state index contributed by atoms with van der Waals surface area (Å²) in [6.45, 7) is 2.50. The monoisotopic (exact) mass is 315 g/mol. The minimum Gasteiger partial charge on any atom is -0.387 e. The molecule has 2 atom stereocenters. The summed E-state index contributed by atoms with van der Waals surface area (Å²) in [5, 5.41) is 16.6. The zero-order valence-electron chi connectivity index (χ0n) is 10.4. The molecule has 2 aromatic rings. The van der Waals surface area contributed by atoms with Crippen molar-refractivity contribution < 1.29 is 5.11 Å². The highest BCUT2D eigenvalue weighted by Crippen LogP contribution is 2.26. The van der Waals surface area contributed by atoms with Crippen LogP contribution in [0.5, 0.6) is 0 Å². The molecule has 0 saturated heterocycles. The van der Waals surface area contributed by atoms with Gasteiger partial charge in [-0.25, -0.2) is 0 Å². The van der Waals surface area contributed by atoms with Crippen LogP contribution < -0.4 is 5.32 Å². The minimum atomic E-state index is -0.673. The van der Waals surface area contributed by atoms with Crippen molar-refractivity contribution >= 4 is 34.5 Å². The average molecular weight is 316 g/mol. The van der Waals surface area contributed by atoms with Crippen molar-refractivity contribution in [1.29, 1.82) is 0 Å². The van der Waals surface area contributed by atoms with E-state index in [0.717, 1.165) is 0 Å². The predicted molar refractivity (Wildman–Crippen MR) is 82.2 cm³/mol. The smallest absolute Gasteiger partial charge is 0.0929 e. The van der Waals surface area contributed by atoms with Gasteiger partial charge < -0.3 is 10.4 Å². The molecule has 0 aliphatic rings. The van der Waals surface area contributed by atoms with E-state index < -0.39 is 6.10 Å². The van der Waals surface area contributed by atoms with E-state index in [1.807, 2.05) is 11.4 Å². The molecule has 1 heterocycles. The lowest BCUT2D eigenvalue weighted by atomic mass is 10.1. The maximum Gasteiger partial charge on any atom is 0.0929 e. The minimum absolute atomic E-state index is 0.201. The number of aliphatic hydroxyl groups excluding tert-OH is 1. The van der Waals surface area contributed by atoms with Crippen LogP contribution in [0.15, 0.2) is 35.7 Å². The Kier molecular flexibility index (Phi) is 5.25. The van der Waals surface area contributed by atoms with Gasteiger partial charge in [-0.2, -0.15) is 0 Å². The van der Waals surface area contributed by atoms with Crippen molar-refractivity contribution in [1.82, 2.24) is 5.32 Å². The van der Waals surface area contributed by atoms with Gasteiger partial charge in [-0.05, 0) is 36.6 Å². The molecule has 2 rings (SSSR count). The van der Waals surface area contributed by atoms with Gasteiger partial charge in [0, 0.05) is 33.1 Å². The van der Waals surface area contributed by atoms with E-state index in [1.54, 1.807) is 29.5 Å². The molecule has 1 unspecified atom stereocenters. The second kappa shape index (κ2) is 6.73. The van der Waals surface area contributed by atoms with E-state index in [2.05, 4.69) is 18.3 Å². The third-order valence-electron chi connectivity index (χ3n) is 2.90. The first-order valence-electron chi connectivity index (χ1n) is 5.97. The molecule has 0 bridgehead atoms. The van der Waals surface area contributed by atoms with Crippen molar-refractivity contribution in [3.05, 3.63) is 56.2 Å². The zero-order chi connectivity index (χ0) is 13.8. The number of halogens is 2. The number of hydrogen-bond donors (Lipinski definition) is 2. The lowest BCUT2D eigenvalue weighted by Crippen LogP contribution is -2.24. The van der Waals surface area contributed by atoms with Crippen molar-refractivity contribution in [3.8, 4) is 0 Å². The molecule has 19 heavy (non-hydrogen) atoms. The van der Waals surface area contributed by atoms with Crippen molar-refractivity contribution in [2.24, 2.45) is 0 Å². The summed E-state index contributed by atoms with van der Waals surface area (Å²) >= 11 is 13.7. The Labute approximate surface area is 127 Å². The third kappa shape index (κ3) is 3.94. The fraction of sp³-hybridized carbons (Fsp3) is 0.286. The first-order chi connectivity index (χ1) is 9.08.